The van der Waals surface area contributed by atoms with Crippen LogP contribution in [0, 0.1) is 11.3 Å². The molecule has 1 rings (SSSR count). The van der Waals surface area contributed by atoms with E-state index < -0.39 is 0 Å². The van der Waals surface area contributed by atoms with E-state index in [2.05, 4.69) is 13.0 Å². The number of hydrogen-bond acceptors (Lipinski definition) is 3. The Hall–Kier alpha value is -1.40. The first-order chi connectivity index (χ1) is 8.72. The number of nitriles is 1. The van der Waals surface area contributed by atoms with Gasteiger partial charge in [0.2, 0.25) is 0 Å². The highest BCUT2D eigenvalue weighted by molar-refractivity contribution is 8.03. The Morgan fingerprint density at radius 2 is 2.00 bits per heavy atom. The quantitative estimate of drug-likeness (QED) is 0.559. The average Bonchev–Trinajstić information content (AvgIpc) is 2.43. The van der Waals surface area contributed by atoms with Crippen LogP contribution in [0.25, 0.3) is 5.57 Å². The fourth-order valence-corrected chi connectivity index (χ4v) is 2.55. The molecule has 0 unspecified atom stereocenters. The van der Waals surface area contributed by atoms with Crippen LogP contribution >= 0.6 is 11.8 Å². The smallest absolute Gasteiger partial charge is 0.118 e. The second-order valence-electron chi connectivity index (χ2n) is 4.00. The number of ether oxygens (including phenoxy) is 1. The Bertz CT molecular complexity index is 443. The van der Waals surface area contributed by atoms with Gasteiger partial charge in [0.15, 0.2) is 0 Å². The maximum absolute atomic E-state index is 9.20. The van der Waals surface area contributed by atoms with Gasteiger partial charge in [-0.1, -0.05) is 25.5 Å². The van der Waals surface area contributed by atoms with E-state index in [0.717, 1.165) is 40.4 Å². The molecule has 0 atom stereocenters. The van der Waals surface area contributed by atoms with Crippen LogP contribution in [0.2, 0.25) is 0 Å². The summed E-state index contributed by atoms with van der Waals surface area (Å²) in [5.74, 6) is 1.84. The molecular weight excluding hydrogens is 242 g/mol. The molecule has 0 aliphatic rings. The number of thioether (sulfide) groups is 1. The molecule has 0 saturated heterocycles. The predicted octanol–water partition coefficient (Wildman–Crippen LogP) is 4.48. The molecule has 0 aromatic heterocycles. The van der Waals surface area contributed by atoms with Gasteiger partial charge in [-0.3, -0.25) is 0 Å². The van der Waals surface area contributed by atoms with Crippen molar-refractivity contribution >= 4 is 17.3 Å². The van der Waals surface area contributed by atoms with Crippen molar-refractivity contribution in [2.45, 2.75) is 26.7 Å². The Kier molecular flexibility index (Phi) is 6.38. The third-order valence-electron chi connectivity index (χ3n) is 2.71. The normalized spacial score (nSPS) is 11.7. The van der Waals surface area contributed by atoms with Gasteiger partial charge in [-0.15, -0.1) is 11.8 Å². The van der Waals surface area contributed by atoms with Crippen molar-refractivity contribution in [2.24, 2.45) is 0 Å². The first kappa shape index (κ1) is 14.7. The molecule has 0 aliphatic carbocycles. The molecule has 0 N–H and O–H groups in total. The van der Waals surface area contributed by atoms with Gasteiger partial charge >= 0.3 is 0 Å². The SMILES string of the molecule is CCCCS/C(C#N)=C(\C)c1ccc(OC)cc1. The molecule has 0 bridgehead atoms. The first-order valence-electron chi connectivity index (χ1n) is 6.11. The summed E-state index contributed by atoms with van der Waals surface area (Å²) in [7, 11) is 1.65. The molecule has 3 heteroatoms. The van der Waals surface area contributed by atoms with E-state index in [4.69, 9.17) is 4.74 Å². The summed E-state index contributed by atoms with van der Waals surface area (Å²) in [5, 5.41) is 9.20. The molecule has 0 fully saturated rings. The van der Waals surface area contributed by atoms with Gasteiger partial charge in [-0.2, -0.15) is 5.26 Å². The highest BCUT2D eigenvalue weighted by Gasteiger charge is 2.05. The number of benzene rings is 1. The van der Waals surface area contributed by atoms with E-state index >= 15 is 0 Å². The molecule has 96 valence electrons. The van der Waals surface area contributed by atoms with Crippen molar-refractivity contribution in [3.05, 3.63) is 34.7 Å². The Morgan fingerprint density at radius 3 is 2.50 bits per heavy atom. The molecule has 1 aromatic rings. The van der Waals surface area contributed by atoms with E-state index in [0.29, 0.717) is 0 Å². The van der Waals surface area contributed by atoms with Crippen LogP contribution in [0.15, 0.2) is 29.2 Å². The second kappa shape index (κ2) is 7.84. The summed E-state index contributed by atoms with van der Waals surface area (Å²) in [6.45, 7) is 4.16. The Balaban J connectivity index is 2.85. The molecule has 1 aromatic carbocycles. The van der Waals surface area contributed by atoms with E-state index in [-0.39, 0.29) is 0 Å². The van der Waals surface area contributed by atoms with Crippen molar-refractivity contribution in [1.29, 1.82) is 5.26 Å². The van der Waals surface area contributed by atoms with Crippen LogP contribution in [-0.4, -0.2) is 12.9 Å². The summed E-state index contributed by atoms with van der Waals surface area (Å²) >= 11 is 1.65. The van der Waals surface area contributed by atoms with Crippen LogP contribution in [0.3, 0.4) is 0 Å². The molecule has 0 spiro atoms. The van der Waals surface area contributed by atoms with Crippen LogP contribution < -0.4 is 4.74 Å². The number of rotatable bonds is 6. The van der Waals surface area contributed by atoms with Crippen LogP contribution in [0.1, 0.15) is 32.3 Å². The average molecular weight is 261 g/mol. The van der Waals surface area contributed by atoms with Crippen molar-refractivity contribution < 1.29 is 4.74 Å². The fraction of sp³-hybridized carbons (Fsp3) is 0.400. The van der Waals surface area contributed by atoms with Gasteiger partial charge < -0.3 is 4.74 Å². The largest absolute Gasteiger partial charge is 0.497 e. The highest BCUT2D eigenvalue weighted by atomic mass is 32.2. The molecule has 18 heavy (non-hydrogen) atoms. The summed E-state index contributed by atoms with van der Waals surface area (Å²) in [6.07, 6.45) is 2.30. The molecule has 0 saturated carbocycles. The van der Waals surface area contributed by atoms with Gasteiger partial charge in [-0.25, -0.2) is 0 Å². The second-order valence-corrected chi connectivity index (χ2v) is 5.10. The number of unbranched alkanes of at least 4 members (excludes halogenated alkanes) is 1. The summed E-state index contributed by atoms with van der Waals surface area (Å²) in [5.41, 5.74) is 2.12. The van der Waals surface area contributed by atoms with Crippen molar-refractivity contribution in [3.8, 4) is 11.8 Å². The van der Waals surface area contributed by atoms with Crippen LogP contribution in [0.4, 0.5) is 0 Å². The topological polar surface area (TPSA) is 33.0 Å². The monoisotopic (exact) mass is 261 g/mol. The van der Waals surface area contributed by atoms with E-state index in [9.17, 15) is 5.26 Å². The highest BCUT2D eigenvalue weighted by Crippen LogP contribution is 2.27. The Labute approximate surface area is 114 Å². The van der Waals surface area contributed by atoms with Gasteiger partial charge in [0.05, 0.1) is 12.0 Å². The van der Waals surface area contributed by atoms with Gasteiger partial charge in [-0.05, 0) is 42.4 Å². The molecule has 0 radical (unpaired) electrons. The van der Waals surface area contributed by atoms with E-state index in [1.807, 2.05) is 31.2 Å². The van der Waals surface area contributed by atoms with Crippen LogP contribution in [0.5, 0.6) is 5.75 Å². The van der Waals surface area contributed by atoms with Crippen molar-refractivity contribution in [3.63, 3.8) is 0 Å². The minimum Gasteiger partial charge on any atom is -0.497 e. The van der Waals surface area contributed by atoms with Crippen LogP contribution in [-0.2, 0) is 0 Å². The number of allylic oxidation sites excluding steroid dienone is 2. The zero-order chi connectivity index (χ0) is 13.4. The molecule has 2 nitrogen and oxygen atoms in total. The van der Waals surface area contributed by atoms with Crippen molar-refractivity contribution in [1.82, 2.24) is 0 Å². The lowest BCUT2D eigenvalue weighted by molar-refractivity contribution is 0.415. The van der Waals surface area contributed by atoms with Gasteiger partial charge in [0.1, 0.15) is 11.8 Å². The van der Waals surface area contributed by atoms with Gasteiger partial charge in [0.25, 0.3) is 0 Å². The Morgan fingerprint density at radius 1 is 1.33 bits per heavy atom. The standard InChI is InChI=1S/C15H19NOS/c1-4-5-10-18-15(11-16)12(2)13-6-8-14(17-3)9-7-13/h6-9H,4-5,10H2,1-3H3/b15-12+. The lowest BCUT2D eigenvalue weighted by atomic mass is 10.1. The summed E-state index contributed by atoms with van der Waals surface area (Å²) in [4.78, 5) is 0.814. The minimum absolute atomic E-state index is 0.814. The maximum atomic E-state index is 9.20. The first-order valence-corrected chi connectivity index (χ1v) is 7.09. The molecular formula is C15H19NOS. The van der Waals surface area contributed by atoms with E-state index in [1.165, 1.54) is 0 Å². The number of nitrogens with zero attached hydrogens (tertiary/aromatic N) is 1. The lowest BCUT2D eigenvalue weighted by Gasteiger charge is -2.07. The lowest BCUT2D eigenvalue weighted by Crippen LogP contribution is -1.87. The minimum atomic E-state index is 0.814. The third-order valence-corrected chi connectivity index (χ3v) is 3.89. The summed E-state index contributed by atoms with van der Waals surface area (Å²) < 4.78 is 5.13. The summed E-state index contributed by atoms with van der Waals surface area (Å²) in [6, 6.07) is 10.1. The fourth-order valence-electron chi connectivity index (χ4n) is 1.52. The predicted molar refractivity (Wildman–Crippen MR) is 78.6 cm³/mol. The molecule has 0 amide bonds. The van der Waals surface area contributed by atoms with E-state index in [1.54, 1.807) is 18.9 Å². The van der Waals surface area contributed by atoms with Crippen molar-refractivity contribution in [2.75, 3.05) is 12.9 Å². The van der Waals surface area contributed by atoms with Gasteiger partial charge in [0, 0.05) is 0 Å². The zero-order valence-corrected chi connectivity index (χ0v) is 12.0. The molecule has 0 aliphatic heterocycles. The molecule has 0 heterocycles. The number of hydrogen-bond donors (Lipinski definition) is 0. The third kappa shape index (κ3) is 4.12. The maximum Gasteiger partial charge on any atom is 0.118 e. The zero-order valence-electron chi connectivity index (χ0n) is 11.2. The number of methoxy groups -OCH3 is 1.